The van der Waals surface area contributed by atoms with Crippen molar-refractivity contribution in [3.05, 3.63) is 28.5 Å². The highest BCUT2D eigenvalue weighted by Gasteiger charge is 2.34. The number of fused-ring (bicyclic) bond motifs is 1. The third kappa shape index (κ3) is 1.64. The van der Waals surface area contributed by atoms with E-state index in [1.807, 2.05) is 19.9 Å². The van der Waals surface area contributed by atoms with Gasteiger partial charge in [-0.25, -0.2) is 0 Å². The fourth-order valence-corrected chi connectivity index (χ4v) is 2.19. The van der Waals surface area contributed by atoms with Crippen molar-refractivity contribution in [1.82, 2.24) is 4.98 Å². The molecule has 1 N–H and O–H groups in total. The maximum Gasteiger partial charge on any atom is 0.0626 e. The Labute approximate surface area is 88.9 Å². The summed E-state index contributed by atoms with van der Waals surface area (Å²) in [5.74, 6) is 0.241. The van der Waals surface area contributed by atoms with Crippen LogP contribution in [0.3, 0.4) is 0 Å². The van der Waals surface area contributed by atoms with Crippen LogP contribution in [-0.2, 0) is 12.8 Å². The molecule has 3 heteroatoms. The van der Waals surface area contributed by atoms with Crippen LogP contribution in [0.5, 0.6) is 0 Å². The van der Waals surface area contributed by atoms with E-state index in [0.717, 1.165) is 29.1 Å². The highest BCUT2D eigenvalue weighted by molar-refractivity contribution is 6.31. The molecule has 0 amide bonds. The Morgan fingerprint density at radius 2 is 2.21 bits per heavy atom. The molecule has 0 fully saturated rings. The van der Waals surface area contributed by atoms with Gasteiger partial charge in [-0.1, -0.05) is 11.6 Å². The lowest BCUT2D eigenvalue weighted by Crippen LogP contribution is -2.31. The van der Waals surface area contributed by atoms with Crippen molar-refractivity contribution in [2.75, 3.05) is 0 Å². The number of rotatable bonds is 1. The van der Waals surface area contributed by atoms with Crippen molar-refractivity contribution in [2.24, 2.45) is 5.92 Å². The predicted octanol–water partition coefficient (Wildman–Crippen LogP) is 2.22. The number of pyridine rings is 1. The van der Waals surface area contributed by atoms with Crippen molar-refractivity contribution >= 4 is 11.6 Å². The monoisotopic (exact) mass is 211 g/mol. The minimum absolute atomic E-state index is 0.241. The van der Waals surface area contributed by atoms with E-state index in [1.165, 1.54) is 0 Å². The van der Waals surface area contributed by atoms with Crippen molar-refractivity contribution < 1.29 is 5.11 Å². The molecule has 0 radical (unpaired) electrons. The topological polar surface area (TPSA) is 33.1 Å². The van der Waals surface area contributed by atoms with Crippen molar-refractivity contribution in [3.63, 3.8) is 0 Å². The van der Waals surface area contributed by atoms with Crippen molar-refractivity contribution in [3.8, 4) is 0 Å². The van der Waals surface area contributed by atoms with Gasteiger partial charge in [0.25, 0.3) is 0 Å². The second kappa shape index (κ2) is 3.21. The fraction of sp³-hybridized carbons (Fsp3) is 0.545. The molecule has 76 valence electrons. The van der Waals surface area contributed by atoms with Gasteiger partial charge in [-0.3, -0.25) is 4.98 Å². The van der Waals surface area contributed by atoms with E-state index in [1.54, 1.807) is 6.20 Å². The molecular weight excluding hydrogens is 198 g/mol. The largest absolute Gasteiger partial charge is 0.390 e. The summed E-state index contributed by atoms with van der Waals surface area (Å²) in [7, 11) is 0. The summed E-state index contributed by atoms with van der Waals surface area (Å²) in [6.07, 6.45) is 3.40. The summed E-state index contributed by atoms with van der Waals surface area (Å²) in [6.45, 7) is 3.69. The van der Waals surface area contributed by atoms with E-state index in [0.29, 0.717) is 0 Å². The summed E-state index contributed by atoms with van der Waals surface area (Å²) in [6, 6.07) is 1.81. The highest BCUT2D eigenvalue weighted by atomic mass is 35.5. The molecular formula is C11H14ClNO. The lowest BCUT2D eigenvalue weighted by molar-refractivity contribution is 0.0213. The van der Waals surface area contributed by atoms with Crippen LogP contribution in [0.15, 0.2) is 12.3 Å². The maximum absolute atomic E-state index is 9.91. The van der Waals surface area contributed by atoms with Crippen LogP contribution in [0.4, 0.5) is 0 Å². The van der Waals surface area contributed by atoms with Crippen molar-refractivity contribution in [2.45, 2.75) is 32.3 Å². The summed E-state index contributed by atoms with van der Waals surface area (Å²) in [5.41, 5.74) is 1.51. The summed E-state index contributed by atoms with van der Waals surface area (Å²) >= 11 is 6.06. The summed E-state index contributed by atoms with van der Waals surface area (Å²) in [4.78, 5) is 4.29. The number of halogens is 1. The predicted molar refractivity (Wildman–Crippen MR) is 56.4 cm³/mol. The van der Waals surface area contributed by atoms with E-state index >= 15 is 0 Å². The van der Waals surface area contributed by atoms with Crippen LogP contribution in [0.2, 0.25) is 5.02 Å². The van der Waals surface area contributed by atoms with E-state index in [-0.39, 0.29) is 5.92 Å². The average molecular weight is 212 g/mol. The average Bonchev–Trinajstić information content (AvgIpc) is 2.48. The molecule has 0 saturated carbocycles. The van der Waals surface area contributed by atoms with Crippen LogP contribution in [0.25, 0.3) is 0 Å². The Balaban J connectivity index is 2.31. The van der Waals surface area contributed by atoms with Gasteiger partial charge in [0, 0.05) is 16.9 Å². The standard InChI is InChI=1S/C11H14ClNO/c1-11(2,14)7-5-8-9(12)3-4-13-10(8)6-7/h3-4,7,14H,5-6H2,1-2H3. The van der Waals surface area contributed by atoms with E-state index in [4.69, 9.17) is 11.6 Å². The molecule has 2 rings (SSSR count). The molecule has 0 bridgehead atoms. The van der Waals surface area contributed by atoms with Crippen LogP contribution < -0.4 is 0 Å². The minimum Gasteiger partial charge on any atom is -0.390 e. The third-order valence-corrected chi connectivity index (χ3v) is 3.33. The summed E-state index contributed by atoms with van der Waals surface area (Å²) in [5, 5.41) is 10.7. The number of hydrogen-bond acceptors (Lipinski definition) is 2. The first-order valence-corrected chi connectivity index (χ1v) is 5.21. The molecule has 1 aromatic heterocycles. The zero-order chi connectivity index (χ0) is 10.3. The van der Waals surface area contributed by atoms with Crippen LogP contribution >= 0.6 is 11.6 Å². The quantitative estimate of drug-likeness (QED) is 0.773. The number of hydrogen-bond donors (Lipinski definition) is 1. The van der Waals surface area contributed by atoms with Gasteiger partial charge in [0.15, 0.2) is 0 Å². The molecule has 0 aliphatic heterocycles. The SMILES string of the molecule is CC(C)(O)C1Cc2nccc(Cl)c2C1. The van der Waals surface area contributed by atoms with Gasteiger partial charge in [-0.05, 0) is 44.2 Å². The molecule has 14 heavy (non-hydrogen) atoms. The molecule has 1 unspecified atom stereocenters. The number of nitrogens with zero attached hydrogens (tertiary/aromatic N) is 1. The second-order valence-corrected chi connectivity index (χ2v) is 4.88. The Morgan fingerprint density at radius 1 is 1.50 bits per heavy atom. The zero-order valence-corrected chi connectivity index (χ0v) is 9.17. The second-order valence-electron chi connectivity index (χ2n) is 4.48. The molecule has 0 saturated heterocycles. The van der Waals surface area contributed by atoms with E-state index in [9.17, 15) is 5.11 Å². The van der Waals surface area contributed by atoms with Gasteiger partial charge in [-0.15, -0.1) is 0 Å². The summed E-state index contributed by atoms with van der Waals surface area (Å²) < 4.78 is 0. The van der Waals surface area contributed by atoms with E-state index < -0.39 is 5.60 Å². The smallest absolute Gasteiger partial charge is 0.0626 e. The molecule has 0 aromatic carbocycles. The maximum atomic E-state index is 9.91. The molecule has 0 spiro atoms. The number of aromatic nitrogens is 1. The normalized spacial score (nSPS) is 21.0. The first-order chi connectivity index (χ1) is 6.48. The highest BCUT2D eigenvalue weighted by Crippen LogP contribution is 2.35. The van der Waals surface area contributed by atoms with Crippen LogP contribution in [0, 0.1) is 5.92 Å². The molecule has 1 heterocycles. The Kier molecular flexibility index (Phi) is 2.28. The Morgan fingerprint density at radius 3 is 2.79 bits per heavy atom. The van der Waals surface area contributed by atoms with Crippen LogP contribution in [0.1, 0.15) is 25.1 Å². The van der Waals surface area contributed by atoms with Gasteiger partial charge in [0.2, 0.25) is 0 Å². The molecule has 1 aliphatic carbocycles. The first-order valence-electron chi connectivity index (χ1n) is 4.83. The van der Waals surface area contributed by atoms with Gasteiger partial charge < -0.3 is 5.11 Å². The van der Waals surface area contributed by atoms with Gasteiger partial charge >= 0.3 is 0 Å². The Bertz CT molecular complexity index is 357. The van der Waals surface area contributed by atoms with E-state index in [2.05, 4.69) is 4.98 Å². The lowest BCUT2D eigenvalue weighted by atomic mass is 9.89. The van der Waals surface area contributed by atoms with Crippen LogP contribution in [-0.4, -0.2) is 15.7 Å². The lowest BCUT2D eigenvalue weighted by Gasteiger charge is -2.24. The van der Waals surface area contributed by atoms with Gasteiger partial charge in [0.05, 0.1) is 5.60 Å². The molecule has 1 aromatic rings. The minimum atomic E-state index is -0.649. The van der Waals surface area contributed by atoms with Crippen molar-refractivity contribution in [1.29, 1.82) is 0 Å². The fourth-order valence-electron chi connectivity index (χ4n) is 1.95. The zero-order valence-electron chi connectivity index (χ0n) is 8.42. The van der Waals surface area contributed by atoms with Gasteiger partial charge in [-0.2, -0.15) is 0 Å². The third-order valence-electron chi connectivity index (χ3n) is 2.98. The molecule has 1 atom stereocenters. The molecule has 1 aliphatic rings. The number of aliphatic hydroxyl groups is 1. The Hall–Kier alpha value is -0.600. The van der Waals surface area contributed by atoms with Gasteiger partial charge in [0.1, 0.15) is 0 Å². The first kappa shape index (κ1) is 9.94. The molecule has 2 nitrogen and oxygen atoms in total.